The standard InChI is InChI=1S/C14H16N2/c1-2-3-8-15-10-12-5-4-6-13-11-16-9-7-14(12)13/h2,4-7,9,11,15H,1,3,8,10H2. The number of aromatic nitrogens is 1. The van der Waals surface area contributed by atoms with Gasteiger partial charge in [0.15, 0.2) is 0 Å². The molecule has 0 radical (unpaired) electrons. The van der Waals surface area contributed by atoms with Gasteiger partial charge in [-0.2, -0.15) is 0 Å². The SMILES string of the molecule is C=CCCNCc1cccc2cnccc12. The number of pyridine rings is 1. The molecule has 0 aliphatic carbocycles. The molecule has 1 aromatic carbocycles. The molecule has 82 valence electrons. The van der Waals surface area contributed by atoms with Crippen molar-refractivity contribution in [2.75, 3.05) is 6.54 Å². The van der Waals surface area contributed by atoms with Gasteiger partial charge in [-0.3, -0.25) is 4.98 Å². The van der Waals surface area contributed by atoms with Crippen molar-refractivity contribution in [2.24, 2.45) is 0 Å². The molecule has 0 atom stereocenters. The molecule has 0 saturated heterocycles. The summed E-state index contributed by atoms with van der Waals surface area (Å²) in [5, 5.41) is 5.88. The van der Waals surface area contributed by atoms with E-state index in [1.165, 1.54) is 16.3 Å². The number of benzene rings is 1. The molecule has 0 bridgehead atoms. The van der Waals surface area contributed by atoms with E-state index in [0.29, 0.717) is 0 Å². The molecule has 0 aliphatic heterocycles. The molecule has 0 spiro atoms. The minimum absolute atomic E-state index is 0.898. The molecule has 0 amide bonds. The first-order valence-corrected chi connectivity index (χ1v) is 5.55. The molecule has 0 aliphatic rings. The van der Waals surface area contributed by atoms with E-state index >= 15 is 0 Å². The summed E-state index contributed by atoms with van der Waals surface area (Å²) in [7, 11) is 0. The smallest absolute Gasteiger partial charge is 0.0346 e. The first-order chi connectivity index (χ1) is 7.92. The van der Waals surface area contributed by atoms with Gasteiger partial charge in [0.2, 0.25) is 0 Å². The van der Waals surface area contributed by atoms with E-state index in [1.807, 2.05) is 18.5 Å². The lowest BCUT2D eigenvalue weighted by Crippen LogP contribution is -2.14. The van der Waals surface area contributed by atoms with Crippen LogP contribution in [-0.4, -0.2) is 11.5 Å². The van der Waals surface area contributed by atoms with Crippen molar-refractivity contribution in [3.05, 3.63) is 54.9 Å². The first-order valence-electron chi connectivity index (χ1n) is 5.55. The summed E-state index contributed by atoms with van der Waals surface area (Å²) in [4.78, 5) is 4.13. The molecule has 1 heterocycles. The number of hydrogen-bond donors (Lipinski definition) is 1. The Kier molecular flexibility index (Phi) is 3.67. The molecule has 0 unspecified atom stereocenters. The third-order valence-corrected chi connectivity index (χ3v) is 2.61. The normalized spacial score (nSPS) is 10.5. The number of nitrogens with one attached hydrogen (secondary N) is 1. The fourth-order valence-corrected chi connectivity index (χ4v) is 1.77. The van der Waals surface area contributed by atoms with Crippen molar-refractivity contribution in [3.63, 3.8) is 0 Å². The largest absolute Gasteiger partial charge is 0.312 e. The minimum atomic E-state index is 0.898. The molecule has 16 heavy (non-hydrogen) atoms. The van der Waals surface area contributed by atoms with Crippen molar-refractivity contribution in [2.45, 2.75) is 13.0 Å². The quantitative estimate of drug-likeness (QED) is 0.609. The van der Waals surface area contributed by atoms with Gasteiger partial charge in [-0.05, 0) is 30.0 Å². The van der Waals surface area contributed by atoms with E-state index in [0.717, 1.165) is 19.5 Å². The van der Waals surface area contributed by atoms with Crippen molar-refractivity contribution in [3.8, 4) is 0 Å². The number of fused-ring (bicyclic) bond motifs is 1. The fraction of sp³-hybridized carbons (Fsp3) is 0.214. The molecule has 2 heteroatoms. The summed E-state index contributed by atoms with van der Waals surface area (Å²) < 4.78 is 0. The van der Waals surface area contributed by atoms with Crippen LogP contribution in [0.3, 0.4) is 0 Å². The van der Waals surface area contributed by atoms with Crippen LogP contribution in [0.25, 0.3) is 10.8 Å². The maximum Gasteiger partial charge on any atom is 0.0346 e. The second-order valence-electron chi connectivity index (χ2n) is 3.77. The minimum Gasteiger partial charge on any atom is -0.312 e. The lowest BCUT2D eigenvalue weighted by Gasteiger charge is -2.06. The third kappa shape index (κ3) is 2.47. The Balaban J connectivity index is 2.14. The molecule has 0 saturated carbocycles. The van der Waals surface area contributed by atoms with E-state index in [2.05, 4.69) is 41.1 Å². The zero-order valence-electron chi connectivity index (χ0n) is 9.32. The number of hydrogen-bond acceptors (Lipinski definition) is 2. The fourth-order valence-electron chi connectivity index (χ4n) is 1.77. The Morgan fingerprint density at radius 3 is 3.12 bits per heavy atom. The lowest BCUT2D eigenvalue weighted by molar-refractivity contribution is 0.699. The summed E-state index contributed by atoms with van der Waals surface area (Å²) in [5.41, 5.74) is 1.32. The van der Waals surface area contributed by atoms with Gasteiger partial charge in [0.25, 0.3) is 0 Å². The molecule has 2 aromatic rings. The molecule has 2 nitrogen and oxygen atoms in total. The maximum atomic E-state index is 4.13. The molecule has 2 rings (SSSR count). The second-order valence-corrected chi connectivity index (χ2v) is 3.77. The summed E-state index contributed by atoms with van der Waals surface area (Å²) in [6, 6.07) is 8.40. The number of rotatable bonds is 5. The van der Waals surface area contributed by atoms with Gasteiger partial charge in [-0.25, -0.2) is 0 Å². The van der Waals surface area contributed by atoms with Crippen LogP contribution in [0.1, 0.15) is 12.0 Å². The highest BCUT2D eigenvalue weighted by Crippen LogP contribution is 2.16. The average Bonchev–Trinajstić information content (AvgIpc) is 2.35. The van der Waals surface area contributed by atoms with Crippen LogP contribution >= 0.6 is 0 Å². The van der Waals surface area contributed by atoms with Gasteiger partial charge in [0, 0.05) is 24.3 Å². The van der Waals surface area contributed by atoms with Crippen molar-refractivity contribution < 1.29 is 0 Å². The summed E-state index contributed by atoms with van der Waals surface area (Å²) in [6.45, 7) is 5.58. The van der Waals surface area contributed by atoms with Crippen LogP contribution in [0.15, 0.2) is 49.3 Å². The Morgan fingerprint density at radius 2 is 2.25 bits per heavy atom. The van der Waals surface area contributed by atoms with Crippen molar-refractivity contribution >= 4 is 10.8 Å². The predicted octanol–water partition coefficient (Wildman–Crippen LogP) is 2.90. The van der Waals surface area contributed by atoms with Crippen LogP contribution in [0.4, 0.5) is 0 Å². The molecule has 1 aromatic heterocycles. The van der Waals surface area contributed by atoms with Crippen LogP contribution in [0.2, 0.25) is 0 Å². The van der Waals surface area contributed by atoms with Gasteiger partial charge in [0.1, 0.15) is 0 Å². The monoisotopic (exact) mass is 212 g/mol. The Morgan fingerprint density at radius 1 is 1.31 bits per heavy atom. The van der Waals surface area contributed by atoms with Crippen LogP contribution < -0.4 is 5.32 Å². The van der Waals surface area contributed by atoms with Gasteiger partial charge < -0.3 is 5.32 Å². The molecule has 0 fully saturated rings. The summed E-state index contributed by atoms with van der Waals surface area (Å²) in [5.74, 6) is 0. The second kappa shape index (κ2) is 5.42. The lowest BCUT2D eigenvalue weighted by atomic mass is 10.1. The van der Waals surface area contributed by atoms with E-state index in [-0.39, 0.29) is 0 Å². The maximum absolute atomic E-state index is 4.13. The van der Waals surface area contributed by atoms with Crippen LogP contribution in [0.5, 0.6) is 0 Å². The summed E-state index contributed by atoms with van der Waals surface area (Å²) >= 11 is 0. The average molecular weight is 212 g/mol. The van der Waals surface area contributed by atoms with Gasteiger partial charge in [-0.1, -0.05) is 24.3 Å². The van der Waals surface area contributed by atoms with E-state index in [4.69, 9.17) is 0 Å². The van der Waals surface area contributed by atoms with E-state index in [9.17, 15) is 0 Å². The number of nitrogens with zero attached hydrogens (tertiary/aromatic N) is 1. The Bertz CT molecular complexity index is 472. The van der Waals surface area contributed by atoms with E-state index < -0.39 is 0 Å². The zero-order valence-corrected chi connectivity index (χ0v) is 9.32. The van der Waals surface area contributed by atoms with Crippen LogP contribution in [-0.2, 0) is 6.54 Å². The Hall–Kier alpha value is -1.67. The molecule has 1 N–H and O–H groups in total. The van der Waals surface area contributed by atoms with Crippen molar-refractivity contribution in [1.29, 1.82) is 0 Å². The summed E-state index contributed by atoms with van der Waals surface area (Å²) in [6.07, 6.45) is 6.69. The van der Waals surface area contributed by atoms with Crippen molar-refractivity contribution in [1.82, 2.24) is 10.3 Å². The topological polar surface area (TPSA) is 24.9 Å². The highest BCUT2D eigenvalue weighted by atomic mass is 14.8. The van der Waals surface area contributed by atoms with Gasteiger partial charge in [0.05, 0.1) is 0 Å². The van der Waals surface area contributed by atoms with Gasteiger partial charge in [-0.15, -0.1) is 6.58 Å². The third-order valence-electron chi connectivity index (χ3n) is 2.61. The Labute approximate surface area is 96.0 Å². The molecular formula is C14H16N2. The van der Waals surface area contributed by atoms with E-state index in [1.54, 1.807) is 0 Å². The highest BCUT2D eigenvalue weighted by Gasteiger charge is 1.99. The van der Waals surface area contributed by atoms with Gasteiger partial charge >= 0.3 is 0 Å². The molecular weight excluding hydrogens is 196 g/mol. The van der Waals surface area contributed by atoms with Crippen LogP contribution in [0, 0.1) is 0 Å². The predicted molar refractivity (Wildman–Crippen MR) is 68.3 cm³/mol. The zero-order chi connectivity index (χ0) is 11.2. The first kappa shape index (κ1) is 10.8. The highest BCUT2D eigenvalue weighted by molar-refractivity contribution is 5.84.